The average Bonchev–Trinajstić information content (AvgIpc) is 1.57. The molecule has 8 aromatic rings. The lowest BCUT2D eigenvalue weighted by atomic mass is 10.1. The van der Waals surface area contributed by atoms with Gasteiger partial charge in [-0.05, 0) is 97.8 Å². The van der Waals surface area contributed by atoms with E-state index in [0.717, 1.165) is 70.4 Å². The summed E-state index contributed by atoms with van der Waals surface area (Å²) in [6.07, 6.45) is -1.06. The number of carbonyl (C=O) groups excluding carboxylic acids is 4. The fourth-order valence-electron chi connectivity index (χ4n) is 10.4. The van der Waals surface area contributed by atoms with E-state index in [1.165, 1.54) is 12.1 Å². The van der Waals surface area contributed by atoms with Crippen molar-refractivity contribution in [2.75, 3.05) is 10.6 Å². The van der Waals surface area contributed by atoms with E-state index in [2.05, 4.69) is 51.0 Å². The predicted molar refractivity (Wildman–Crippen MR) is 287 cm³/mol. The number of imidazole rings is 2. The highest BCUT2D eigenvalue weighted by Gasteiger charge is 2.62. The number of nitrogens with one attached hydrogen (secondary N) is 4. The number of aromatic nitrogens is 6. The number of hydrogen-bond acceptors (Lipinski definition) is 15. The van der Waals surface area contributed by atoms with Crippen molar-refractivity contribution < 1.29 is 89.0 Å². The van der Waals surface area contributed by atoms with Crippen molar-refractivity contribution in [2.45, 2.75) is 73.9 Å². The molecule has 4 aromatic heterocycles. The van der Waals surface area contributed by atoms with Gasteiger partial charge in [-0.1, -0.05) is 0 Å². The van der Waals surface area contributed by atoms with Crippen molar-refractivity contribution in [3.8, 4) is 34.5 Å². The molecular weight excluding hydrogens is 1140 g/mol. The van der Waals surface area contributed by atoms with Crippen LogP contribution in [-0.4, -0.2) is 88.5 Å². The van der Waals surface area contributed by atoms with Crippen molar-refractivity contribution in [2.24, 2.45) is 5.73 Å². The van der Waals surface area contributed by atoms with Crippen LogP contribution < -0.4 is 35.3 Å². The minimum atomic E-state index is -4.41. The second-order valence-corrected chi connectivity index (χ2v) is 19.9. The van der Waals surface area contributed by atoms with E-state index in [4.69, 9.17) is 29.2 Å². The van der Waals surface area contributed by atoms with Crippen LogP contribution >= 0.6 is 0 Å². The number of H-pyrrole nitrogens is 2. The van der Waals surface area contributed by atoms with Crippen LogP contribution in [-0.2, 0) is 58.7 Å². The third-order valence-corrected chi connectivity index (χ3v) is 14.3. The van der Waals surface area contributed by atoms with E-state index in [-0.39, 0.29) is 54.2 Å². The summed E-state index contributed by atoms with van der Waals surface area (Å²) in [5.41, 5.74) is 8.48. The second-order valence-electron chi connectivity index (χ2n) is 19.9. The highest BCUT2D eigenvalue weighted by Crippen LogP contribution is 2.64. The number of ether oxygens (including phenoxy) is 5. The molecule has 8 N–H and O–H groups in total. The van der Waals surface area contributed by atoms with Crippen LogP contribution in [0.3, 0.4) is 0 Å². The number of alkyl halides is 6. The molecule has 4 aromatic carbocycles. The molecule has 0 unspecified atom stereocenters. The Morgan fingerprint density at radius 2 is 1.05 bits per heavy atom. The Kier molecular flexibility index (Phi) is 15.1. The average molecular weight is 1190 g/mol. The first-order valence-electron chi connectivity index (χ1n) is 25.9. The van der Waals surface area contributed by atoms with Crippen LogP contribution in [0.2, 0.25) is 0 Å². The summed E-state index contributed by atoms with van der Waals surface area (Å²) in [5, 5.41) is 21.3. The molecule has 0 spiro atoms. The molecule has 2 aliphatic carbocycles. The summed E-state index contributed by atoms with van der Waals surface area (Å²) in [6, 6.07) is 21.8. The number of carbonyl (C=O) groups is 6. The van der Waals surface area contributed by atoms with Crippen molar-refractivity contribution >= 4 is 69.8 Å². The summed E-state index contributed by atoms with van der Waals surface area (Å²) in [6.45, 7) is 0.138. The Morgan fingerprint density at radius 1 is 0.593 bits per heavy atom. The molecule has 86 heavy (non-hydrogen) atoms. The number of carboxylic acid groups (broad SMARTS) is 2. The number of carboxylic acids is 2. The van der Waals surface area contributed by atoms with Gasteiger partial charge in [0.1, 0.15) is 76.3 Å². The molecule has 0 saturated heterocycles. The molecule has 0 bridgehead atoms. The smallest absolute Gasteiger partial charge is 0.416 e. The number of fused-ring (bicyclic) bond motifs is 10. The summed E-state index contributed by atoms with van der Waals surface area (Å²) in [5.74, 6) is 3.07. The van der Waals surface area contributed by atoms with E-state index < -0.39 is 41.3 Å². The normalized spacial score (nSPS) is 19.7. The molecule has 6 atom stereocenters. The van der Waals surface area contributed by atoms with Gasteiger partial charge < -0.3 is 60.2 Å². The lowest BCUT2D eigenvalue weighted by molar-refractivity contribution is -0.138. The zero-order chi connectivity index (χ0) is 60.8. The molecule has 440 valence electrons. The van der Waals surface area contributed by atoms with Gasteiger partial charge in [0.05, 0.1) is 51.1 Å². The molecule has 4 aliphatic heterocycles. The Bertz CT molecular complexity index is 3880. The number of anilines is 2. The van der Waals surface area contributed by atoms with Crippen molar-refractivity contribution in [1.82, 2.24) is 29.9 Å². The highest BCUT2D eigenvalue weighted by atomic mass is 19.4. The first kappa shape index (κ1) is 57.0. The third kappa shape index (κ3) is 12.2. The van der Waals surface area contributed by atoms with Gasteiger partial charge in [0.25, 0.3) is 6.47 Å². The number of pyridine rings is 2. The number of nitrogens with two attached hydrogens (primary N) is 1. The minimum absolute atomic E-state index is 0.0434. The number of rotatable bonds is 11. The Morgan fingerprint density at radius 3 is 1.44 bits per heavy atom. The van der Waals surface area contributed by atoms with Crippen molar-refractivity contribution in [3.63, 3.8) is 0 Å². The molecule has 14 rings (SSSR count). The third-order valence-electron chi connectivity index (χ3n) is 14.3. The predicted octanol–water partition coefficient (Wildman–Crippen LogP) is 9.46. The van der Waals surface area contributed by atoms with Crippen LogP contribution in [0, 0.1) is 0 Å². The number of aliphatic carboxylic acids is 2. The maximum absolute atomic E-state index is 13.1. The SMILES string of the molecule is NC(=O)/C=C\C(=O)O.O=C1CCc2c(Oc3ccc4c(c3)[C@@H]3[C@H](O4)[C@H]3c3nc4ccc(C(F)(F)F)cc4[nH]3)ccnc2N1.O=C1CCc2c(Oc3ccc4c(c3)[C@@H]3[C@H](O4)[C@H]3c3nc4ccc(C(F)(F)F)cc4[nH]3)ccnc2N1.O=CO/C=C\C(=O)O. The fourth-order valence-corrected chi connectivity index (χ4v) is 10.4. The number of aromatic amines is 2. The second kappa shape index (κ2) is 22.7. The molecule has 8 heterocycles. The number of amides is 3. The maximum Gasteiger partial charge on any atom is 0.416 e. The number of halogens is 6. The zero-order valence-corrected chi connectivity index (χ0v) is 43.9. The van der Waals surface area contributed by atoms with Gasteiger partial charge in [-0.25, -0.2) is 29.5 Å². The molecule has 0 radical (unpaired) electrons. The highest BCUT2D eigenvalue weighted by molar-refractivity contribution is 5.94. The summed E-state index contributed by atoms with van der Waals surface area (Å²) in [7, 11) is 0. The van der Waals surface area contributed by atoms with Gasteiger partial charge in [0, 0.05) is 71.5 Å². The van der Waals surface area contributed by atoms with Crippen molar-refractivity contribution in [3.05, 3.63) is 167 Å². The zero-order valence-electron chi connectivity index (χ0n) is 43.9. The van der Waals surface area contributed by atoms with E-state index in [1.54, 1.807) is 24.5 Å². The van der Waals surface area contributed by atoms with Crippen LogP contribution in [0.1, 0.15) is 81.5 Å². The number of nitrogens with zero attached hydrogens (tertiary/aromatic N) is 4. The van der Waals surface area contributed by atoms with Gasteiger partial charge in [-0.3, -0.25) is 19.2 Å². The van der Waals surface area contributed by atoms with E-state index >= 15 is 0 Å². The first-order chi connectivity index (χ1) is 41.1. The molecule has 28 heteroatoms. The van der Waals surface area contributed by atoms with Gasteiger partial charge in [-0.2, -0.15) is 26.3 Å². The molecule has 3 amide bonds. The first-order valence-corrected chi connectivity index (χ1v) is 25.9. The van der Waals surface area contributed by atoms with Gasteiger partial charge in [0.15, 0.2) is 0 Å². The van der Waals surface area contributed by atoms with E-state index in [0.29, 0.717) is 106 Å². The van der Waals surface area contributed by atoms with Gasteiger partial charge in [0.2, 0.25) is 17.7 Å². The molecular formula is C58H43F6N9O13. The molecule has 2 fully saturated rings. The Hall–Kier alpha value is -10.8. The fraction of sp³-hybridized carbons (Fsp3) is 0.207. The molecule has 22 nitrogen and oxygen atoms in total. The Balaban J connectivity index is 0.000000143. The van der Waals surface area contributed by atoms with E-state index in [1.807, 2.05) is 36.4 Å². The summed E-state index contributed by atoms with van der Waals surface area (Å²) in [4.78, 5) is 85.2. The number of primary amides is 1. The maximum atomic E-state index is 13.1. The quantitative estimate of drug-likeness (QED) is 0.0274. The summed E-state index contributed by atoms with van der Waals surface area (Å²) < 4.78 is 107. The standard InChI is InChI=1S/2C25H17F3N4O3.C4H5NO3.C4H4O4/c2*26-25(27,28)11-1-4-15-16(9-11)31-24(30-15)21-20-14-10-12(2-5-17(14)35-22(20)21)34-18-7-8-29-23-13(18)3-6-19(33)32-23;5-3(6)1-2-4(7)8;5-3-8-2-1-4(6)7/h2*1-2,4-5,7-10,20-22H,3,6H2,(H,30,31)(H,29,32,33);1-2H,(H2,5,6)(H,7,8);1-3H,(H,6,7)/b;;2*2-1-/t2*20-,21-,22-;;/m00../s1. The van der Waals surface area contributed by atoms with Crippen LogP contribution in [0.5, 0.6) is 34.5 Å². The lowest BCUT2D eigenvalue weighted by Crippen LogP contribution is -2.20. The topological polar surface area (TPSA) is 322 Å². The van der Waals surface area contributed by atoms with Crippen LogP contribution in [0.15, 0.2) is 122 Å². The van der Waals surface area contributed by atoms with Gasteiger partial charge >= 0.3 is 24.3 Å². The minimum Gasteiger partial charge on any atom is -0.489 e. The summed E-state index contributed by atoms with van der Waals surface area (Å²) >= 11 is 0. The number of benzene rings is 4. The van der Waals surface area contributed by atoms with Gasteiger partial charge in [-0.15, -0.1) is 0 Å². The number of hydrogen-bond donors (Lipinski definition) is 7. The molecule has 6 aliphatic rings. The lowest BCUT2D eigenvalue weighted by Gasteiger charge is -2.19. The van der Waals surface area contributed by atoms with Crippen molar-refractivity contribution in [1.29, 1.82) is 0 Å². The molecule has 2 saturated carbocycles. The van der Waals surface area contributed by atoms with Crippen LogP contribution in [0.25, 0.3) is 22.1 Å². The Labute approximate surface area is 479 Å². The van der Waals surface area contributed by atoms with E-state index in [9.17, 15) is 55.1 Å². The van der Waals surface area contributed by atoms with Crippen LogP contribution in [0.4, 0.5) is 38.0 Å². The largest absolute Gasteiger partial charge is 0.489 e. The monoisotopic (exact) mass is 1190 g/mol.